The minimum atomic E-state index is -0.867. The number of hydrogen-bond acceptors (Lipinski definition) is 3. The highest BCUT2D eigenvalue weighted by molar-refractivity contribution is 5.97. The van der Waals surface area contributed by atoms with Crippen LogP contribution in [0.3, 0.4) is 0 Å². The van der Waals surface area contributed by atoms with Gasteiger partial charge in [0.05, 0.1) is 17.8 Å². The van der Waals surface area contributed by atoms with Crippen molar-refractivity contribution in [1.82, 2.24) is 4.90 Å². The molecule has 1 fully saturated rings. The molecule has 2 aromatic carbocycles. The third kappa shape index (κ3) is 3.44. The van der Waals surface area contributed by atoms with Crippen molar-refractivity contribution >= 4 is 17.5 Å². The lowest BCUT2D eigenvalue weighted by atomic mass is 9.94. The number of fused-ring (bicyclic) bond motifs is 1. The summed E-state index contributed by atoms with van der Waals surface area (Å²) in [7, 11) is 0. The normalized spacial score (nSPS) is 17.1. The Morgan fingerprint density at radius 3 is 2.50 bits per heavy atom. The first-order valence-corrected chi connectivity index (χ1v) is 9.32. The molecule has 0 bridgehead atoms. The van der Waals surface area contributed by atoms with Gasteiger partial charge in [-0.2, -0.15) is 0 Å². The molecule has 1 saturated heterocycles. The minimum absolute atomic E-state index is 0.0239. The predicted octanol–water partition coefficient (Wildman–Crippen LogP) is 3.24. The average molecular weight is 386 g/mol. The maximum atomic E-state index is 13.9. The number of para-hydroxylation sites is 2. The van der Waals surface area contributed by atoms with Crippen molar-refractivity contribution in [3.63, 3.8) is 0 Å². The minimum Gasteiger partial charge on any atom is -0.490 e. The molecule has 0 radical (unpaired) electrons. The fourth-order valence-electron chi connectivity index (χ4n) is 3.78. The fourth-order valence-corrected chi connectivity index (χ4v) is 3.78. The Kier molecular flexibility index (Phi) is 4.98. The van der Waals surface area contributed by atoms with E-state index in [-0.39, 0.29) is 17.4 Å². The van der Waals surface area contributed by atoms with E-state index >= 15 is 0 Å². The lowest BCUT2D eigenvalue weighted by Crippen LogP contribution is -2.46. The van der Waals surface area contributed by atoms with Gasteiger partial charge >= 0.3 is 0 Å². The Bertz CT molecular complexity index is 910. The molecule has 0 saturated carbocycles. The van der Waals surface area contributed by atoms with Gasteiger partial charge in [-0.1, -0.05) is 12.1 Å². The number of amides is 2. The van der Waals surface area contributed by atoms with E-state index < -0.39 is 17.5 Å². The van der Waals surface area contributed by atoms with Crippen LogP contribution in [0.1, 0.15) is 23.2 Å². The summed E-state index contributed by atoms with van der Waals surface area (Å²) >= 11 is 0. The van der Waals surface area contributed by atoms with Crippen LogP contribution in [0.15, 0.2) is 42.5 Å². The Labute approximate surface area is 161 Å². The first-order valence-electron chi connectivity index (χ1n) is 9.32. The standard InChI is InChI=1S/C21H20F2N2O3/c22-15-5-6-16(17(23)13-15)21(27)24-9-7-14(8-10-24)20(26)25-11-12-28-19-4-2-1-3-18(19)25/h1-6,13-14H,7-12H2. The quantitative estimate of drug-likeness (QED) is 0.796. The molecule has 0 atom stereocenters. The number of likely N-dealkylation sites (tertiary alicyclic amines) is 1. The zero-order valence-corrected chi connectivity index (χ0v) is 15.2. The topological polar surface area (TPSA) is 49.9 Å². The van der Waals surface area contributed by atoms with Gasteiger partial charge in [-0.3, -0.25) is 9.59 Å². The van der Waals surface area contributed by atoms with Crippen LogP contribution in [-0.2, 0) is 4.79 Å². The molecular formula is C21H20F2N2O3. The van der Waals surface area contributed by atoms with Crippen molar-refractivity contribution in [2.75, 3.05) is 31.1 Å². The number of benzene rings is 2. The smallest absolute Gasteiger partial charge is 0.256 e. The number of anilines is 1. The summed E-state index contributed by atoms with van der Waals surface area (Å²) in [6.45, 7) is 1.66. The monoisotopic (exact) mass is 386 g/mol. The second-order valence-corrected chi connectivity index (χ2v) is 7.00. The number of halogens is 2. The van der Waals surface area contributed by atoms with E-state index in [0.29, 0.717) is 50.9 Å². The summed E-state index contributed by atoms with van der Waals surface area (Å²) in [5.74, 6) is -1.54. The molecular weight excluding hydrogens is 366 g/mol. The molecule has 0 aliphatic carbocycles. The van der Waals surface area contributed by atoms with Crippen molar-refractivity contribution in [2.45, 2.75) is 12.8 Å². The summed E-state index contributed by atoms with van der Waals surface area (Å²) in [4.78, 5) is 28.8. The van der Waals surface area contributed by atoms with Crippen molar-refractivity contribution in [3.8, 4) is 5.75 Å². The molecule has 2 heterocycles. The third-order valence-electron chi connectivity index (χ3n) is 5.29. The molecule has 0 aromatic heterocycles. The van der Waals surface area contributed by atoms with Gasteiger partial charge < -0.3 is 14.5 Å². The zero-order chi connectivity index (χ0) is 19.7. The summed E-state index contributed by atoms with van der Waals surface area (Å²) in [5.41, 5.74) is 0.624. The molecule has 2 aliphatic heterocycles. The van der Waals surface area contributed by atoms with E-state index in [1.807, 2.05) is 24.3 Å². The molecule has 2 aliphatic rings. The van der Waals surface area contributed by atoms with E-state index in [0.717, 1.165) is 17.8 Å². The highest BCUT2D eigenvalue weighted by Crippen LogP contribution is 2.33. The van der Waals surface area contributed by atoms with Crippen LogP contribution in [-0.4, -0.2) is 43.0 Å². The van der Waals surface area contributed by atoms with E-state index in [1.165, 1.54) is 4.90 Å². The summed E-state index contributed by atoms with van der Waals surface area (Å²) in [5, 5.41) is 0. The van der Waals surface area contributed by atoms with E-state index in [9.17, 15) is 18.4 Å². The number of nitrogens with zero attached hydrogens (tertiary/aromatic N) is 2. The average Bonchev–Trinajstić information content (AvgIpc) is 2.72. The van der Waals surface area contributed by atoms with E-state index in [2.05, 4.69) is 0 Å². The van der Waals surface area contributed by atoms with Gasteiger partial charge in [0.15, 0.2) is 0 Å². The second kappa shape index (κ2) is 7.58. The fraction of sp³-hybridized carbons (Fsp3) is 0.333. The molecule has 28 heavy (non-hydrogen) atoms. The summed E-state index contributed by atoms with van der Waals surface area (Å²) in [6, 6.07) is 10.4. The maximum Gasteiger partial charge on any atom is 0.256 e. The van der Waals surface area contributed by atoms with E-state index in [1.54, 1.807) is 4.90 Å². The van der Waals surface area contributed by atoms with E-state index in [4.69, 9.17) is 4.74 Å². The van der Waals surface area contributed by atoms with Gasteiger partial charge in [-0.05, 0) is 37.1 Å². The second-order valence-electron chi connectivity index (χ2n) is 7.00. The number of piperidine rings is 1. The van der Waals surface area contributed by atoms with Crippen LogP contribution in [0.4, 0.5) is 14.5 Å². The van der Waals surface area contributed by atoms with Crippen LogP contribution in [0.25, 0.3) is 0 Å². The molecule has 146 valence electrons. The molecule has 2 aromatic rings. The molecule has 7 heteroatoms. The lowest BCUT2D eigenvalue weighted by molar-refractivity contribution is -0.123. The molecule has 2 amide bonds. The molecule has 0 unspecified atom stereocenters. The highest BCUT2D eigenvalue weighted by atomic mass is 19.1. The summed E-state index contributed by atoms with van der Waals surface area (Å²) in [6.07, 6.45) is 1.01. The first-order chi connectivity index (χ1) is 13.5. The number of carbonyl (C=O) groups is 2. The van der Waals surface area contributed by atoms with Crippen molar-refractivity contribution in [3.05, 3.63) is 59.7 Å². The first kappa shape index (κ1) is 18.4. The zero-order valence-electron chi connectivity index (χ0n) is 15.2. The molecule has 5 nitrogen and oxygen atoms in total. The number of carbonyl (C=O) groups excluding carboxylic acids is 2. The third-order valence-corrected chi connectivity index (χ3v) is 5.29. The highest BCUT2D eigenvalue weighted by Gasteiger charge is 2.33. The van der Waals surface area contributed by atoms with Crippen LogP contribution in [0.2, 0.25) is 0 Å². The van der Waals surface area contributed by atoms with Crippen molar-refractivity contribution in [1.29, 1.82) is 0 Å². The largest absolute Gasteiger partial charge is 0.490 e. The van der Waals surface area contributed by atoms with Crippen molar-refractivity contribution < 1.29 is 23.1 Å². The summed E-state index contributed by atoms with van der Waals surface area (Å²) < 4.78 is 32.5. The van der Waals surface area contributed by atoms with Gasteiger partial charge in [0, 0.05) is 25.1 Å². The van der Waals surface area contributed by atoms with Crippen molar-refractivity contribution in [2.24, 2.45) is 5.92 Å². The van der Waals surface area contributed by atoms with Gasteiger partial charge in [0.1, 0.15) is 24.0 Å². The van der Waals surface area contributed by atoms with Crippen LogP contribution in [0.5, 0.6) is 5.75 Å². The van der Waals surface area contributed by atoms with Gasteiger partial charge in [0.2, 0.25) is 5.91 Å². The number of ether oxygens (including phenoxy) is 1. The number of rotatable bonds is 2. The maximum absolute atomic E-state index is 13.9. The Balaban J connectivity index is 1.42. The Morgan fingerprint density at radius 2 is 1.75 bits per heavy atom. The molecule has 4 rings (SSSR count). The van der Waals surface area contributed by atoms with Gasteiger partial charge in [-0.25, -0.2) is 8.78 Å². The number of hydrogen-bond donors (Lipinski definition) is 0. The molecule has 0 N–H and O–H groups in total. The Morgan fingerprint density at radius 1 is 1.00 bits per heavy atom. The molecule has 0 spiro atoms. The lowest BCUT2D eigenvalue weighted by Gasteiger charge is -2.36. The van der Waals surface area contributed by atoms with Gasteiger partial charge in [0.25, 0.3) is 5.91 Å². The van der Waals surface area contributed by atoms with Gasteiger partial charge in [-0.15, -0.1) is 0 Å². The predicted molar refractivity (Wildman–Crippen MR) is 99.3 cm³/mol. The van der Waals surface area contributed by atoms with Crippen LogP contribution in [0, 0.1) is 17.6 Å². The Hall–Kier alpha value is -2.96. The van der Waals surface area contributed by atoms with Crippen LogP contribution >= 0.6 is 0 Å². The SMILES string of the molecule is O=C(c1ccc(F)cc1F)N1CCC(C(=O)N2CCOc3ccccc32)CC1. The van der Waals surface area contributed by atoms with Crippen LogP contribution < -0.4 is 9.64 Å².